The number of β-lactam (4-membered cyclic amide) rings is 1. The number of nitro benzene ring substituents is 1. The Balaban J connectivity index is 0.00000336. The summed E-state index contributed by atoms with van der Waals surface area (Å²) in [6.07, 6.45) is 3.30. The number of rotatable bonds is 8. The van der Waals surface area contributed by atoms with Crippen molar-refractivity contribution in [1.82, 2.24) is 9.30 Å². The van der Waals surface area contributed by atoms with Gasteiger partial charge in [-0.15, -0.1) is 0 Å². The lowest BCUT2D eigenvalue weighted by molar-refractivity contribution is -0.705. The van der Waals surface area contributed by atoms with Gasteiger partial charge < -0.3 is 43.8 Å². The van der Waals surface area contributed by atoms with Crippen LogP contribution in [0.4, 0.5) is 5.69 Å². The summed E-state index contributed by atoms with van der Waals surface area (Å²) in [5.41, 5.74) is 1.81. The summed E-state index contributed by atoms with van der Waals surface area (Å²) < 4.78 is 9.41. The molecule has 1 fully saturated rings. The number of aromatic nitrogens is 2. The Morgan fingerprint density at radius 1 is 1.37 bits per heavy atom. The zero-order valence-corrected chi connectivity index (χ0v) is 24.4. The van der Waals surface area contributed by atoms with E-state index in [1.165, 1.54) is 40.5 Å². The number of nitro groups is 1. The highest BCUT2D eigenvalue weighted by molar-refractivity contribution is 7.98. The standard InChI is InChI=1S/C24H25N4O7S2.HI/c1-12(30)18-16-8-15(20-17(9-29)26-11-25(2)22(36-3)23(26)37-20)19(27(16)21(18)31)24(32)35-10-13-4-6-14(7-5-13)28(33)34;/h4-7,11-12,16,18,29-30H,8-10H2,1-3H3;1H/q+1;/p-1/t12-,16-,18-;/m1./s1. The molecular weight excluding hydrogens is 647 g/mol. The second kappa shape index (κ2) is 10.9. The number of fused-ring (bicyclic) bond motifs is 2. The number of halogens is 1. The largest absolute Gasteiger partial charge is 1.00 e. The quantitative estimate of drug-likeness (QED) is 0.0593. The third-order valence-corrected chi connectivity index (χ3v) is 9.09. The molecule has 0 unspecified atom stereocenters. The van der Waals surface area contributed by atoms with Crippen molar-refractivity contribution in [2.75, 3.05) is 6.26 Å². The van der Waals surface area contributed by atoms with Crippen LogP contribution >= 0.6 is 23.1 Å². The number of non-ortho nitro benzene ring substituents is 1. The van der Waals surface area contributed by atoms with Gasteiger partial charge in [0.05, 0.1) is 34.9 Å². The number of aliphatic hydroxyl groups excluding tert-OH is 2. The van der Waals surface area contributed by atoms with Crippen LogP contribution in [-0.2, 0) is 34.6 Å². The van der Waals surface area contributed by atoms with Crippen molar-refractivity contribution in [2.45, 2.75) is 43.7 Å². The van der Waals surface area contributed by atoms with Crippen LogP contribution in [0.25, 0.3) is 10.4 Å². The Hall–Kier alpha value is -2.53. The minimum absolute atomic E-state index is 0. The van der Waals surface area contributed by atoms with Crippen molar-refractivity contribution in [3.8, 4) is 0 Å². The third-order valence-electron chi connectivity index (χ3n) is 6.82. The molecule has 0 radical (unpaired) electrons. The highest BCUT2D eigenvalue weighted by Gasteiger charge is 2.57. The van der Waals surface area contributed by atoms with E-state index in [4.69, 9.17) is 4.74 Å². The molecule has 14 heteroatoms. The normalized spacial score (nSPS) is 19.3. The van der Waals surface area contributed by atoms with Crippen LogP contribution in [0, 0.1) is 16.0 Å². The molecule has 2 aromatic heterocycles. The van der Waals surface area contributed by atoms with Gasteiger partial charge in [0.25, 0.3) is 12.0 Å². The number of carbonyl (C=O) groups is 2. The summed E-state index contributed by atoms with van der Waals surface area (Å²) in [5, 5.41) is 32.4. The molecule has 1 aromatic carbocycles. The van der Waals surface area contributed by atoms with Crippen molar-refractivity contribution < 1.29 is 58.0 Å². The molecule has 2 aliphatic heterocycles. The molecule has 2 N–H and O–H groups in total. The van der Waals surface area contributed by atoms with Gasteiger partial charge in [-0.1, -0.05) is 23.1 Å². The number of benzene rings is 1. The molecular formula is C24H25IN4O7S2. The Morgan fingerprint density at radius 2 is 2.05 bits per heavy atom. The molecule has 202 valence electrons. The number of hydrogen-bond acceptors (Lipinski definition) is 9. The zero-order chi connectivity index (χ0) is 26.6. The van der Waals surface area contributed by atoms with Crippen molar-refractivity contribution in [3.63, 3.8) is 0 Å². The number of esters is 1. The average Bonchev–Trinajstić information content (AvgIpc) is 3.48. The SMILES string of the molecule is CSc1c2sc(C3=C(C(=O)OCc4ccc([N+](=O)[O-])cc4)N4C(=O)[C@H]([C@@H](C)O)[C@H]4C3)c(CO)n2c[n+]1C.[I-]. The van der Waals surface area contributed by atoms with Crippen molar-refractivity contribution >= 4 is 51.1 Å². The van der Waals surface area contributed by atoms with Crippen molar-refractivity contribution in [3.05, 3.63) is 62.5 Å². The maximum absolute atomic E-state index is 13.4. The fourth-order valence-corrected chi connectivity index (χ4v) is 7.34. The summed E-state index contributed by atoms with van der Waals surface area (Å²) in [6.45, 7) is 1.15. The van der Waals surface area contributed by atoms with E-state index in [0.717, 1.165) is 9.86 Å². The molecule has 0 aliphatic carbocycles. The number of nitrogens with zero attached hydrogens (tertiary/aromatic N) is 4. The lowest BCUT2D eigenvalue weighted by Crippen LogP contribution is -3.00. The van der Waals surface area contributed by atoms with Gasteiger partial charge in [-0.25, -0.2) is 9.36 Å². The molecule has 38 heavy (non-hydrogen) atoms. The summed E-state index contributed by atoms with van der Waals surface area (Å²) in [7, 11) is 1.92. The molecule has 3 atom stereocenters. The summed E-state index contributed by atoms with van der Waals surface area (Å²) >= 11 is 3.00. The highest BCUT2D eigenvalue weighted by atomic mass is 127. The van der Waals surface area contributed by atoms with E-state index in [9.17, 15) is 29.9 Å². The van der Waals surface area contributed by atoms with Crippen LogP contribution < -0.4 is 28.5 Å². The number of ether oxygens (including phenoxy) is 1. The smallest absolute Gasteiger partial charge is 0.355 e. The van der Waals surface area contributed by atoms with Crippen molar-refractivity contribution in [2.24, 2.45) is 13.0 Å². The number of aliphatic hydroxyl groups is 2. The Bertz CT molecular complexity index is 1460. The van der Waals surface area contributed by atoms with E-state index >= 15 is 0 Å². The van der Waals surface area contributed by atoms with E-state index in [1.807, 2.05) is 28.6 Å². The van der Waals surface area contributed by atoms with Gasteiger partial charge in [0.2, 0.25) is 15.8 Å². The maximum Gasteiger partial charge on any atom is 0.355 e. The molecule has 1 saturated heterocycles. The van der Waals surface area contributed by atoms with E-state index in [1.54, 1.807) is 18.7 Å². The maximum atomic E-state index is 13.4. The van der Waals surface area contributed by atoms with Gasteiger partial charge in [0.1, 0.15) is 18.9 Å². The predicted molar refractivity (Wildman–Crippen MR) is 134 cm³/mol. The summed E-state index contributed by atoms with van der Waals surface area (Å²) in [4.78, 5) is 39.8. The van der Waals surface area contributed by atoms with Gasteiger partial charge in [0, 0.05) is 17.7 Å². The van der Waals surface area contributed by atoms with Gasteiger partial charge in [-0.2, -0.15) is 4.40 Å². The van der Waals surface area contributed by atoms with Crippen LogP contribution in [0.15, 0.2) is 41.3 Å². The molecule has 0 saturated carbocycles. The number of thioether (sulfide) groups is 1. The minimum atomic E-state index is -0.871. The van der Waals surface area contributed by atoms with Gasteiger partial charge in [-0.3, -0.25) is 14.9 Å². The highest BCUT2D eigenvalue weighted by Crippen LogP contribution is 2.49. The van der Waals surface area contributed by atoms with E-state index in [2.05, 4.69) is 0 Å². The first-order valence-electron chi connectivity index (χ1n) is 11.5. The van der Waals surface area contributed by atoms with Crippen LogP contribution in [0.2, 0.25) is 0 Å². The fourth-order valence-electron chi connectivity index (χ4n) is 5.09. The lowest BCUT2D eigenvalue weighted by atomic mass is 9.83. The molecule has 0 spiro atoms. The fraction of sp³-hybridized carbons (Fsp3) is 0.375. The van der Waals surface area contributed by atoms with Crippen LogP contribution in [0.1, 0.15) is 29.5 Å². The van der Waals surface area contributed by atoms with E-state index in [-0.39, 0.29) is 60.5 Å². The first kappa shape index (κ1) is 28.5. The van der Waals surface area contributed by atoms with Crippen molar-refractivity contribution in [1.29, 1.82) is 0 Å². The minimum Gasteiger partial charge on any atom is -1.00 e. The number of carbonyl (C=O) groups excluding carboxylic acids is 2. The second-order valence-corrected chi connectivity index (χ2v) is 10.8. The Labute approximate surface area is 242 Å². The number of aryl methyl sites for hydroxylation is 1. The topological polar surface area (TPSA) is 138 Å². The molecule has 0 bridgehead atoms. The Kier molecular flexibility index (Phi) is 8.18. The zero-order valence-electron chi connectivity index (χ0n) is 20.7. The molecule has 11 nitrogen and oxygen atoms in total. The molecule has 2 aliphatic rings. The first-order valence-corrected chi connectivity index (χ1v) is 13.5. The van der Waals surface area contributed by atoms with E-state index < -0.39 is 22.9 Å². The molecule has 5 rings (SSSR count). The number of thiazole rings is 1. The summed E-state index contributed by atoms with van der Waals surface area (Å²) in [6, 6.07) is 5.29. The number of imidazole rings is 1. The second-order valence-electron chi connectivity index (χ2n) is 9.02. The number of amides is 1. The monoisotopic (exact) mass is 672 g/mol. The molecule has 3 aromatic rings. The van der Waals surface area contributed by atoms with Gasteiger partial charge in [-0.05, 0) is 37.3 Å². The van der Waals surface area contributed by atoms with Crippen LogP contribution in [0.3, 0.4) is 0 Å². The first-order chi connectivity index (χ1) is 17.7. The summed E-state index contributed by atoms with van der Waals surface area (Å²) in [5.74, 6) is -1.67. The van der Waals surface area contributed by atoms with Gasteiger partial charge >= 0.3 is 5.97 Å². The third kappa shape index (κ3) is 4.51. The average molecular weight is 673 g/mol. The van der Waals surface area contributed by atoms with E-state index in [0.29, 0.717) is 28.1 Å². The van der Waals surface area contributed by atoms with Crippen LogP contribution in [-0.4, -0.2) is 54.7 Å². The molecule has 1 amide bonds. The van der Waals surface area contributed by atoms with Gasteiger partial charge in [0.15, 0.2) is 5.69 Å². The lowest BCUT2D eigenvalue weighted by Gasteiger charge is -2.44. The molecule has 4 heterocycles. The Morgan fingerprint density at radius 3 is 2.63 bits per heavy atom. The van der Waals surface area contributed by atoms with Crippen LogP contribution in [0.5, 0.6) is 0 Å². The predicted octanol–water partition coefficient (Wildman–Crippen LogP) is -0.982. The number of hydrogen-bond donors (Lipinski definition) is 2.